The molecule has 6 heteroatoms. The third kappa shape index (κ3) is 6.48. The monoisotopic (exact) mass is 360 g/mol. The van der Waals surface area contributed by atoms with Crippen molar-refractivity contribution in [2.45, 2.75) is 40.3 Å². The zero-order chi connectivity index (χ0) is 18.1. The van der Waals surface area contributed by atoms with Gasteiger partial charge in [0.05, 0.1) is 23.9 Å². The predicted octanol–water partition coefficient (Wildman–Crippen LogP) is 3.20. The highest BCUT2D eigenvalue weighted by atomic mass is 32.1. The maximum absolute atomic E-state index is 5.14. The first kappa shape index (κ1) is 19.4. The van der Waals surface area contributed by atoms with Gasteiger partial charge in [-0.05, 0) is 31.9 Å². The minimum absolute atomic E-state index is 0.642. The number of nitrogens with one attached hydrogen (secondary N) is 2. The van der Waals surface area contributed by atoms with E-state index in [1.54, 1.807) is 18.4 Å². The summed E-state index contributed by atoms with van der Waals surface area (Å²) in [6.07, 6.45) is 0.912. The van der Waals surface area contributed by atoms with E-state index in [0.717, 1.165) is 31.2 Å². The van der Waals surface area contributed by atoms with Crippen molar-refractivity contribution in [2.75, 3.05) is 20.2 Å². The number of hydrogen-bond donors (Lipinski definition) is 2. The van der Waals surface area contributed by atoms with Gasteiger partial charge < -0.3 is 15.4 Å². The van der Waals surface area contributed by atoms with Gasteiger partial charge in [0.2, 0.25) is 0 Å². The molecule has 0 fully saturated rings. The normalized spacial score (nSPS) is 11.6. The van der Waals surface area contributed by atoms with E-state index < -0.39 is 0 Å². The Morgan fingerprint density at radius 1 is 1.16 bits per heavy atom. The lowest BCUT2D eigenvalue weighted by molar-refractivity contribution is 0.185. The highest BCUT2D eigenvalue weighted by Crippen LogP contribution is 2.16. The molecule has 136 valence electrons. The van der Waals surface area contributed by atoms with Gasteiger partial charge in [-0.25, -0.2) is 9.98 Å². The summed E-state index contributed by atoms with van der Waals surface area (Å²) in [6, 6.07) is 8.37. The number of benzene rings is 1. The Hall–Kier alpha value is -1.92. The fraction of sp³-hybridized carbons (Fsp3) is 0.474. The number of rotatable bonds is 8. The molecule has 0 saturated heterocycles. The van der Waals surface area contributed by atoms with Crippen LogP contribution in [-0.4, -0.2) is 31.1 Å². The van der Waals surface area contributed by atoms with Crippen LogP contribution in [-0.2, 0) is 24.3 Å². The van der Waals surface area contributed by atoms with Crippen molar-refractivity contribution in [3.05, 3.63) is 51.0 Å². The van der Waals surface area contributed by atoms with Crippen LogP contribution in [0, 0.1) is 13.8 Å². The van der Waals surface area contributed by atoms with Crippen molar-refractivity contribution in [2.24, 2.45) is 4.99 Å². The molecule has 0 bridgehead atoms. The molecule has 2 aromatic rings. The highest BCUT2D eigenvalue weighted by molar-refractivity contribution is 7.11. The van der Waals surface area contributed by atoms with Crippen LogP contribution in [0.2, 0.25) is 0 Å². The summed E-state index contributed by atoms with van der Waals surface area (Å²) in [7, 11) is 1.71. The van der Waals surface area contributed by atoms with Crippen molar-refractivity contribution >= 4 is 17.3 Å². The number of aliphatic imine (C=N–C) groups is 1. The third-order valence-corrected chi connectivity index (χ3v) is 4.93. The van der Waals surface area contributed by atoms with E-state index in [-0.39, 0.29) is 0 Å². The molecule has 0 saturated carbocycles. The van der Waals surface area contributed by atoms with Crippen molar-refractivity contribution in [3.63, 3.8) is 0 Å². The minimum atomic E-state index is 0.642. The van der Waals surface area contributed by atoms with Gasteiger partial charge >= 0.3 is 0 Å². The number of aromatic nitrogens is 1. The molecule has 5 nitrogen and oxygen atoms in total. The molecule has 1 aromatic carbocycles. The molecule has 1 aromatic heterocycles. The van der Waals surface area contributed by atoms with Gasteiger partial charge in [0.25, 0.3) is 0 Å². The zero-order valence-electron chi connectivity index (χ0n) is 15.6. The quantitative estimate of drug-likeness (QED) is 0.561. The molecule has 25 heavy (non-hydrogen) atoms. The Morgan fingerprint density at radius 3 is 2.48 bits per heavy atom. The number of methoxy groups -OCH3 is 1. The number of guanidine groups is 1. The number of aryl methyl sites for hydroxylation is 2. The van der Waals surface area contributed by atoms with Crippen LogP contribution in [0.25, 0.3) is 0 Å². The summed E-state index contributed by atoms with van der Waals surface area (Å²) < 4.78 is 5.14. The fourth-order valence-electron chi connectivity index (χ4n) is 2.35. The molecule has 0 aliphatic carbocycles. The van der Waals surface area contributed by atoms with Crippen LogP contribution in [0.4, 0.5) is 0 Å². The molecule has 0 atom stereocenters. The molecule has 0 unspecified atom stereocenters. The van der Waals surface area contributed by atoms with Crippen LogP contribution in [0.15, 0.2) is 29.3 Å². The minimum Gasteiger partial charge on any atom is -0.380 e. The molecule has 0 amide bonds. The fourth-order valence-corrected chi connectivity index (χ4v) is 3.29. The Kier molecular flexibility index (Phi) is 7.88. The largest absolute Gasteiger partial charge is 0.380 e. The average Bonchev–Trinajstić information content (AvgIpc) is 2.92. The number of nitrogens with zero attached hydrogens (tertiary/aromatic N) is 2. The van der Waals surface area contributed by atoms with Gasteiger partial charge in [-0.15, -0.1) is 11.3 Å². The number of ether oxygens (including phenoxy) is 1. The van der Waals surface area contributed by atoms with Crippen molar-refractivity contribution in [3.8, 4) is 0 Å². The maximum atomic E-state index is 5.14. The molecule has 0 radical (unpaired) electrons. The van der Waals surface area contributed by atoms with E-state index in [2.05, 4.69) is 65.6 Å². The van der Waals surface area contributed by atoms with Crippen LogP contribution >= 0.6 is 11.3 Å². The van der Waals surface area contributed by atoms with E-state index in [9.17, 15) is 0 Å². The third-order valence-electron chi connectivity index (χ3n) is 3.80. The van der Waals surface area contributed by atoms with Crippen LogP contribution in [0.3, 0.4) is 0 Å². The second kappa shape index (κ2) is 10.2. The van der Waals surface area contributed by atoms with Gasteiger partial charge in [-0.2, -0.15) is 0 Å². The zero-order valence-corrected chi connectivity index (χ0v) is 16.4. The van der Waals surface area contributed by atoms with Gasteiger partial charge in [0, 0.05) is 31.5 Å². The second-order valence-electron chi connectivity index (χ2n) is 5.87. The molecule has 2 N–H and O–H groups in total. The van der Waals surface area contributed by atoms with E-state index >= 15 is 0 Å². The first-order chi connectivity index (χ1) is 12.1. The lowest BCUT2D eigenvalue weighted by Gasteiger charge is -2.10. The van der Waals surface area contributed by atoms with Gasteiger partial charge in [0.1, 0.15) is 0 Å². The Bertz CT molecular complexity index is 660. The van der Waals surface area contributed by atoms with Crippen LogP contribution in [0.5, 0.6) is 0 Å². The summed E-state index contributed by atoms with van der Waals surface area (Å²) in [5.74, 6) is 0.841. The predicted molar refractivity (Wildman–Crippen MR) is 105 cm³/mol. The molecular formula is C19H28N4OS. The number of thiazole rings is 1. The Morgan fingerprint density at radius 2 is 1.88 bits per heavy atom. The lowest BCUT2D eigenvalue weighted by Crippen LogP contribution is -2.38. The van der Waals surface area contributed by atoms with Gasteiger partial charge in [-0.1, -0.05) is 24.3 Å². The van der Waals surface area contributed by atoms with Crippen molar-refractivity contribution in [1.82, 2.24) is 15.6 Å². The molecular weight excluding hydrogens is 332 g/mol. The summed E-state index contributed by atoms with van der Waals surface area (Å²) in [6.45, 7) is 9.21. The molecule has 2 rings (SSSR count). The van der Waals surface area contributed by atoms with E-state index in [1.807, 2.05) is 0 Å². The average molecular weight is 361 g/mol. The first-order valence-electron chi connectivity index (χ1n) is 8.64. The second-order valence-corrected chi connectivity index (χ2v) is 7.16. The van der Waals surface area contributed by atoms with Gasteiger partial charge in [-0.3, -0.25) is 0 Å². The molecule has 0 aliphatic heterocycles. The highest BCUT2D eigenvalue weighted by Gasteiger charge is 2.04. The molecule has 1 heterocycles. The summed E-state index contributed by atoms with van der Waals surface area (Å²) in [4.78, 5) is 10.5. The molecule has 0 aliphatic rings. The van der Waals surface area contributed by atoms with Crippen LogP contribution < -0.4 is 10.6 Å². The van der Waals surface area contributed by atoms with E-state index in [0.29, 0.717) is 13.2 Å². The summed E-state index contributed by atoms with van der Waals surface area (Å²) in [5, 5.41) is 7.85. The lowest BCUT2D eigenvalue weighted by atomic mass is 10.1. The first-order valence-corrected chi connectivity index (χ1v) is 9.45. The Labute approximate surface area is 154 Å². The Balaban J connectivity index is 1.86. The SMILES string of the molecule is CCNC(=NCc1ccc(COC)cc1)NCCc1nc(C)c(C)s1. The molecule has 0 spiro atoms. The standard InChI is InChI=1S/C19H28N4OS/c1-5-20-19(21-11-10-18-23-14(2)15(3)25-18)22-12-16-6-8-17(9-7-16)13-24-4/h6-9H,5,10-13H2,1-4H3,(H2,20,21,22). The topological polar surface area (TPSA) is 58.5 Å². The smallest absolute Gasteiger partial charge is 0.191 e. The van der Waals surface area contributed by atoms with Crippen LogP contribution in [0.1, 0.15) is 33.6 Å². The van der Waals surface area contributed by atoms with Crippen molar-refractivity contribution < 1.29 is 4.74 Å². The van der Waals surface area contributed by atoms with Crippen molar-refractivity contribution in [1.29, 1.82) is 0 Å². The maximum Gasteiger partial charge on any atom is 0.191 e. The van der Waals surface area contributed by atoms with Gasteiger partial charge in [0.15, 0.2) is 5.96 Å². The van der Waals surface area contributed by atoms with E-state index in [4.69, 9.17) is 4.74 Å². The summed E-state index contributed by atoms with van der Waals surface area (Å²) >= 11 is 1.77. The van der Waals surface area contributed by atoms with E-state index in [1.165, 1.54) is 21.0 Å². The number of hydrogen-bond acceptors (Lipinski definition) is 4. The summed E-state index contributed by atoms with van der Waals surface area (Å²) in [5.41, 5.74) is 3.50.